The maximum atomic E-state index is 12.5. The normalized spacial score (nSPS) is 15.1. The number of fused-ring (bicyclic) bond motifs is 2. The van der Waals surface area contributed by atoms with Crippen LogP contribution in [0.25, 0.3) is 0 Å². The molecule has 0 atom stereocenters. The van der Waals surface area contributed by atoms with E-state index in [0.717, 1.165) is 23.1 Å². The van der Waals surface area contributed by atoms with Gasteiger partial charge in [-0.25, -0.2) is 9.97 Å². The third-order valence-electron chi connectivity index (χ3n) is 4.01. The van der Waals surface area contributed by atoms with Crippen molar-refractivity contribution < 1.29 is 14.0 Å². The predicted octanol–water partition coefficient (Wildman–Crippen LogP) is 3.52. The van der Waals surface area contributed by atoms with E-state index in [-0.39, 0.29) is 11.6 Å². The highest BCUT2D eigenvalue weighted by molar-refractivity contribution is 6.29. The van der Waals surface area contributed by atoms with E-state index in [1.165, 1.54) is 6.07 Å². The van der Waals surface area contributed by atoms with E-state index in [2.05, 4.69) is 9.97 Å². The minimum atomic E-state index is -0.570. The molecule has 0 saturated carbocycles. The molecule has 0 aromatic carbocycles. The number of hydrogen-bond acceptors (Lipinski definition) is 4. The van der Waals surface area contributed by atoms with E-state index in [1.54, 1.807) is 12.1 Å². The molecule has 2 heterocycles. The van der Waals surface area contributed by atoms with Gasteiger partial charge in [-0.1, -0.05) is 17.7 Å². The van der Waals surface area contributed by atoms with Gasteiger partial charge in [0.15, 0.2) is 11.6 Å². The molecule has 4 rings (SSSR count). The minimum Gasteiger partial charge on any atom is -0.292 e. The molecule has 0 amide bonds. The second-order valence-electron chi connectivity index (χ2n) is 5.58. The predicted molar refractivity (Wildman–Crippen MR) is 83.5 cm³/mol. The molecule has 118 valence electrons. The topological polar surface area (TPSA) is 59.9 Å². The fourth-order valence-corrected chi connectivity index (χ4v) is 3.08. The summed E-state index contributed by atoms with van der Waals surface area (Å²) in [6.45, 7) is 1.96. The molecule has 6 heteroatoms. The van der Waals surface area contributed by atoms with Crippen LogP contribution < -0.4 is 0 Å². The van der Waals surface area contributed by atoms with Gasteiger partial charge in [0.2, 0.25) is 5.95 Å². The Morgan fingerprint density at radius 1 is 1.00 bits per heavy atom. The Morgan fingerprint density at radius 2 is 1.70 bits per heavy atom. The first-order valence-electron chi connectivity index (χ1n) is 7.33. The molecule has 0 unspecified atom stereocenters. The molecular formula is C17H14ClFN2O2. The van der Waals surface area contributed by atoms with E-state index in [9.17, 15) is 14.0 Å². The van der Waals surface area contributed by atoms with Gasteiger partial charge in [0, 0.05) is 12.8 Å². The van der Waals surface area contributed by atoms with E-state index >= 15 is 0 Å². The molecule has 2 aromatic heterocycles. The van der Waals surface area contributed by atoms with Crippen molar-refractivity contribution >= 4 is 23.2 Å². The standard InChI is InChI=1S/C9H8ClNO.C8H6FNO/c1-5-4-8(10)11-9-6(5)2-3-7(9)12;9-7-4-2-5-1-3-6(11)8(5)10-7/h4H,2-3H2,1H3;2,4H,1,3H2. The van der Waals surface area contributed by atoms with Crippen molar-refractivity contribution in [3.8, 4) is 0 Å². The lowest BCUT2D eigenvalue weighted by molar-refractivity contribution is 0.0982. The Labute approximate surface area is 137 Å². The van der Waals surface area contributed by atoms with Gasteiger partial charge in [-0.05, 0) is 48.6 Å². The number of halogens is 2. The monoisotopic (exact) mass is 332 g/mol. The van der Waals surface area contributed by atoms with Gasteiger partial charge in [0.05, 0.1) is 0 Å². The second kappa shape index (κ2) is 6.16. The summed E-state index contributed by atoms with van der Waals surface area (Å²) in [6.07, 6.45) is 2.60. The molecule has 0 bridgehead atoms. The second-order valence-corrected chi connectivity index (χ2v) is 5.96. The highest BCUT2D eigenvalue weighted by Gasteiger charge is 2.23. The summed E-state index contributed by atoms with van der Waals surface area (Å²) in [4.78, 5) is 29.8. The summed E-state index contributed by atoms with van der Waals surface area (Å²) >= 11 is 5.73. The molecule has 4 nitrogen and oxygen atoms in total. The summed E-state index contributed by atoms with van der Waals surface area (Å²) in [5.41, 5.74) is 3.93. The molecule has 0 N–H and O–H groups in total. The van der Waals surface area contributed by atoms with Crippen molar-refractivity contribution in [3.63, 3.8) is 0 Å². The van der Waals surface area contributed by atoms with Gasteiger partial charge in [-0.2, -0.15) is 4.39 Å². The summed E-state index contributed by atoms with van der Waals surface area (Å²) in [5.74, 6) is -0.492. The molecule has 2 aliphatic rings. The molecule has 0 fully saturated rings. The maximum absolute atomic E-state index is 12.5. The van der Waals surface area contributed by atoms with E-state index in [1.807, 2.05) is 6.92 Å². The highest BCUT2D eigenvalue weighted by atomic mass is 35.5. The molecule has 23 heavy (non-hydrogen) atoms. The molecule has 0 radical (unpaired) electrons. The molecule has 2 aliphatic carbocycles. The maximum Gasteiger partial charge on any atom is 0.213 e. The van der Waals surface area contributed by atoms with Crippen molar-refractivity contribution in [3.05, 3.63) is 57.4 Å². The fraction of sp³-hybridized carbons (Fsp3) is 0.294. The van der Waals surface area contributed by atoms with Crippen LogP contribution in [-0.2, 0) is 12.8 Å². The summed E-state index contributed by atoms with van der Waals surface area (Å²) in [6, 6.07) is 4.72. The van der Waals surface area contributed by atoms with Crippen LogP contribution in [-0.4, -0.2) is 21.5 Å². The van der Waals surface area contributed by atoms with Crippen molar-refractivity contribution in [2.24, 2.45) is 0 Å². The molecular weight excluding hydrogens is 319 g/mol. The van der Waals surface area contributed by atoms with Crippen molar-refractivity contribution in [2.45, 2.75) is 32.6 Å². The van der Waals surface area contributed by atoms with Crippen LogP contribution in [0.4, 0.5) is 4.39 Å². The van der Waals surface area contributed by atoms with Crippen molar-refractivity contribution in [1.82, 2.24) is 9.97 Å². The van der Waals surface area contributed by atoms with Gasteiger partial charge in [0.1, 0.15) is 16.5 Å². The quantitative estimate of drug-likeness (QED) is 0.692. The summed E-state index contributed by atoms with van der Waals surface area (Å²) in [5, 5.41) is 0.418. The molecule has 0 saturated heterocycles. The van der Waals surface area contributed by atoms with Gasteiger partial charge in [-0.3, -0.25) is 9.59 Å². The van der Waals surface area contributed by atoms with Crippen LogP contribution in [0.3, 0.4) is 0 Å². The number of aromatic nitrogens is 2. The van der Waals surface area contributed by atoms with Crippen LogP contribution in [0.5, 0.6) is 0 Å². The van der Waals surface area contributed by atoms with E-state index in [4.69, 9.17) is 11.6 Å². The molecule has 0 spiro atoms. The largest absolute Gasteiger partial charge is 0.292 e. The van der Waals surface area contributed by atoms with Crippen LogP contribution in [0.2, 0.25) is 5.15 Å². The molecule has 2 aromatic rings. The summed E-state index contributed by atoms with van der Waals surface area (Å²) in [7, 11) is 0. The van der Waals surface area contributed by atoms with E-state index in [0.29, 0.717) is 35.8 Å². The number of nitrogens with zero attached hydrogens (tertiary/aromatic N) is 2. The SMILES string of the molecule is Cc1cc(Cl)nc2c1CCC2=O.O=C1CCc2ccc(F)nc21. The lowest BCUT2D eigenvalue weighted by Crippen LogP contribution is -1.97. The van der Waals surface area contributed by atoms with Crippen LogP contribution >= 0.6 is 11.6 Å². The van der Waals surface area contributed by atoms with Gasteiger partial charge < -0.3 is 0 Å². The van der Waals surface area contributed by atoms with Gasteiger partial charge >= 0.3 is 0 Å². The van der Waals surface area contributed by atoms with Crippen molar-refractivity contribution in [2.75, 3.05) is 0 Å². The zero-order valence-electron chi connectivity index (χ0n) is 12.5. The van der Waals surface area contributed by atoms with Crippen LogP contribution in [0.1, 0.15) is 50.5 Å². The first-order chi connectivity index (χ1) is 11.0. The Kier molecular flexibility index (Phi) is 4.22. The number of ketones is 2. The van der Waals surface area contributed by atoms with Crippen LogP contribution in [0, 0.1) is 12.9 Å². The molecule has 0 aliphatic heterocycles. The van der Waals surface area contributed by atoms with E-state index < -0.39 is 5.95 Å². The lowest BCUT2D eigenvalue weighted by Gasteiger charge is -2.01. The van der Waals surface area contributed by atoms with Gasteiger partial charge in [0.25, 0.3) is 0 Å². The fourth-order valence-electron chi connectivity index (χ4n) is 2.84. The number of carbonyl (C=O) groups excluding carboxylic acids is 2. The lowest BCUT2D eigenvalue weighted by atomic mass is 10.1. The smallest absolute Gasteiger partial charge is 0.213 e. The average Bonchev–Trinajstić information content (AvgIpc) is 3.05. The third kappa shape index (κ3) is 3.15. The highest BCUT2D eigenvalue weighted by Crippen LogP contribution is 2.25. The average molecular weight is 333 g/mol. The Bertz CT molecular complexity index is 820. The summed E-state index contributed by atoms with van der Waals surface area (Å²) < 4.78 is 12.5. The minimum absolute atomic E-state index is 0.0421. The van der Waals surface area contributed by atoms with Gasteiger partial charge in [-0.15, -0.1) is 0 Å². The number of Topliss-reactive ketones (excluding diaryl/α,β-unsaturated/α-hetero) is 2. The van der Waals surface area contributed by atoms with Crippen LogP contribution in [0.15, 0.2) is 18.2 Å². The number of rotatable bonds is 0. The number of pyridine rings is 2. The third-order valence-corrected chi connectivity index (χ3v) is 4.21. The zero-order valence-corrected chi connectivity index (χ0v) is 13.3. The number of aryl methyl sites for hydroxylation is 2. The first-order valence-corrected chi connectivity index (χ1v) is 7.71. The Balaban J connectivity index is 0.000000136. The zero-order chi connectivity index (χ0) is 16.6. The number of carbonyl (C=O) groups is 2. The Hall–Kier alpha value is -2.14. The number of hydrogen-bond donors (Lipinski definition) is 0. The first kappa shape index (κ1) is 15.7. The van der Waals surface area contributed by atoms with Crippen molar-refractivity contribution in [1.29, 1.82) is 0 Å². The Morgan fingerprint density at radius 3 is 2.48 bits per heavy atom.